The summed E-state index contributed by atoms with van der Waals surface area (Å²) in [5.74, 6) is -0.141. The Balaban J connectivity index is 1.76. The SMILES string of the molecule is Cc1nn(C)cc1C(=O)Nc1ccc(-c2ccccc2)cc1. The first kappa shape index (κ1) is 14.1. The van der Waals surface area contributed by atoms with Crippen LogP contribution in [0.1, 0.15) is 16.1 Å². The number of nitrogens with zero attached hydrogens (tertiary/aromatic N) is 2. The zero-order valence-electron chi connectivity index (χ0n) is 12.6. The van der Waals surface area contributed by atoms with E-state index in [0.717, 1.165) is 22.5 Å². The van der Waals surface area contributed by atoms with Crippen LogP contribution in [-0.4, -0.2) is 15.7 Å². The van der Waals surface area contributed by atoms with Gasteiger partial charge in [-0.05, 0) is 30.2 Å². The van der Waals surface area contributed by atoms with Crippen LogP contribution in [0, 0.1) is 6.92 Å². The quantitative estimate of drug-likeness (QED) is 0.800. The monoisotopic (exact) mass is 291 g/mol. The molecule has 110 valence electrons. The van der Waals surface area contributed by atoms with Crippen molar-refractivity contribution in [2.75, 3.05) is 5.32 Å². The number of rotatable bonds is 3. The standard InChI is InChI=1S/C18H17N3O/c1-13-17(12-21(2)20-13)18(22)19-16-10-8-15(9-11-16)14-6-4-3-5-7-14/h3-12H,1-2H3,(H,19,22). The molecule has 0 aliphatic carbocycles. The van der Waals surface area contributed by atoms with Gasteiger partial charge in [-0.15, -0.1) is 0 Å². The fourth-order valence-corrected chi connectivity index (χ4v) is 2.40. The van der Waals surface area contributed by atoms with Gasteiger partial charge in [0.1, 0.15) is 0 Å². The summed E-state index contributed by atoms with van der Waals surface area (Å²) in [4.78, 5) is 12.2. The highest BCUT2D eigenvalue weighted by atomic mass is 16.1. The van der Waals surface area contributed by atoms with Crippen molar-refractivity contribution in [2.45, 2.75) is 6.92 Å². The molecule has 3 rings (SSSR count). The van der Waals surface area contributed by atoms with E-state index in [4.69, 9.17) is 0 Å². The number of anilines is 1. The van der Waals surface area contributed by atoms with E-state index in [1.807, 2.05) is 49.4 Å². The van der Waals surface area contributed by atoms with Gasteiger partial charge < -0.3 is 5.32 Å². The molecular formula is C18H17N3O. The maximum atomic E-state index is 12.2. The van der Waals surface area contributed by atoms with E-state index < -0.39 is 0 Å². The Labute approximate surface area is 129 Å². The van der Waals surface area contributed by atoms with Crippen molar-refractivity contribution in [1.82, 2.24) is 9.78 Å². The van der Waals surface area contributed by atoms with Gasteiger partial charge in [-0.25, -0.2) is 0 Å². The molecule has 0 radical (unpaired) electrons. The second-order valence-electron chi connectivity index (χ2n) is 5.20. The fraction of sp³-hybridized carbons (Fsp3) is 0.111. The van der Waals surface area contributed by atoms with Crippen LogP contribution in [0.5, 0.6) is 0 Å². The molecule has 3 aromatic rings. The van der Waals surface area contributed by atoms with E-state index in [9.17, 15) is 4.79 Å². The molecule has 0 spiro atoms. The molecule has 0 fully saturated rings. The third-order valence-corrected chi connectivity index (χ3v) is 3.51. The summed E-state index contributed by atoms with van der Waals surface area (Å²) in [6.45, 7) is 1.83. The van der Waals surface area contributed by atoms with Crippen molar-refractivity contribution in [3.05, 3.63) is 72.1 Å². The summed E-state index contributed by atoms with van der Waals surface area (Å²) in [6.07, 6.45) is 1.73. The Kier molecular flexibility index (Phi) is 3.74. The van der Waals surface area contributed by atoms with Crippen molar-refractivity contribution in [3.63, 3.8) is 0 Å². The Morgan fingerprint density at radius 1 is 1.00 bits per heavy atom. The second-order valence-corrected chi connectivity index (χ2v) is 5.20. The van der Waals surface area contributed by atoms with Crippen LogP contribution < -0.4 is 5.32 Å². The molecule has 22 heavy (non-hydrogen) atoms. The van der Waals surface area contributed by atoms with E-state index in [0.29, 0.717) is 5.56 Å². The smallest absolute Gasteiger partial charge is 0.259 e. The van der Waals surface area contributed by atoms with E-state index in [1.54, 1.807) is 17.9 Å². The van der Waals surface area contributed by atoms with Gasteiger partial charge in [-0.2, -0.15) is 5.10 Å². The molecule has 1 N–H and O–H groups in total. The van der Waals surface area contributed by atoms with Crippen LogP contribution >= 0.6 is 0 Å². The molecule has 2 aromatic carbocycles. The fourth-order valence-electron chi connectivity index (χ4n) is 2.40. The zero-order valence-corrected chi connectivity index (χ0v) is 12.6. The lowest BCUT2D eigenvalue weighted by Crippen LogP contribution is -2.12. The maximum Gasteiger partial charge on any atom is 0.259 e. The number of nitrogens with one attached hydrogen (secondary N) is 1. The molecule has 1 amide bonds. The number of hydrogen-bond acceptors (Lipinski definition) is 2. The third-order valence-electron chi connectivity index (χ3n) is 3.51. The Bertz CT molecular complexity index is 789. The molecule has 4 nitrogen and oxygen atoms in total. The predicted molar refractivity (Wildman–Crippen MR) is 87.8 cm³/mol. The molecule has 0 bridgehead atoms. The molecule has 1 aromatic heterocycles. The highest BCUT2D eigenvalue weighted by molar-refractivity contribution is 6.04. The number of amides is 1. The van der Waals surface area contributed by atoms with Gasteiger partial charge in [0, 0.05) is 18.9 Å². The first-order chi connectivity index (χ1) is 10.6. The van der Waals surface area contributed by atoms with Crippen LogP contribution in [0.15, 0.2) is 60.8 Å². The van der Waals surface area contributed by atoms with Crippen molar-refractivity contribution in [2.24, 2.45) is 7.05 Å². The van der Waals surface area contributed by atoms with E-state index >= 15 is 0 Å². The number of hydrogen-bond donors (Lipinski definition) is 1. The van der Waals surface area contributed by atoms with Gasteiger partial charge in [-0.1, -0.05) is 42.5 Å². The molecule has 0 saturated heterocycles. The van der Waals surface area contributed by atoms with Crippen LogP contribution in [0.25, 0.3) is 11.1 Å². The normalized spacial score (nSPS) is 10.5. The molecule has 0 aliphatic rings. The van der Waals surface area contributed by atoms with Crippen LogP contribution in [0.3, 0.4) is 0 Å². The summed E-state index contributed by atoms with van der Waals surface area (Å²) >= 11 is 0. The van der Waals surface area contributed by atoms with Gasteiger partial charge in [-0.3, -0.25) is 9.48 Å². The van der Waals surface area contributed by atoms with Gasteiger partial charge >= 0.3 is 0 Å². The highest BCUT2D eigenvalue weighted by Crippen LogP contribution is 2.21. The minimum absolute atomic E-state index is 0.141. The van der Waals surface area contributed by atoms with Gasteiger partial charge in [0.05, 0.1) is 11.3 Å². The average molecular weight is 291 g/mol. The first-order valence-corrected chi connectivity index (χ1v) is 7.10. The van der Waals surface area contributed by atoms with Gasteiger partial charge in [0.25, 0.3) is 5.91 Å². The predicted octanol–water partition coefficient (Wildman–Crippen LogP) is 3.65. The molecule has 0 saturated carbocycles. The van der Waals surface area contributed by atoms with Crippen molar-refractivity contribution in [3.8, 4) is 11.1 Å². The van der Waals surface area contributed by atoms with Crippen molar-refractivity contribution in [1.29, 1.82) is 0 Å². The van der Waals surface area contributed by atoms with Gasteiger partial charge in [0.2, 0.25) is 0 Å². The lowest BCUT2D eigenvalue weighted by molar-refractivity contribution is 0.102. The number of aromatic nitrogens is 2. The number of benzene rings is 2. The average Bonchev–Trinajstić information content (AvgIpc) is 2.88. The molecule has 0 unspecified atom stereocenters. The molecule has 0 aliphatic heterocycles. The number of aryl methyl sites for hydroxylation is 2. The second kappa shape index (κ2) is 5.85. The highest BCUT2D eigenvalue weighted by Gasteiger charge is 2.12. The zero-order chi connectivity index (χ0) is 15.5. The minimum atomic E-state index is -0.141. The third kappa shape index (κ3) is 2.91. The lowest BCUT2D eigenvalue weighted by Gasteiger charge is -2.06. The molecule has 0 atom stereocenters. The maximum absolute atomic E-state index is 12.2. The first-order valence-electron chi connectivity index (χ1n) is 7.10. The largest absolute Gasteiger partial charge is 0.322 e. The number of carbonyl (C=O) groups excluding carboxylic acids is 1. The van der Waals surface area contributed by atoms with Gasteiger partial charge in [0.15, 0.2) is 0 Å². The molecular weight excluding hydrogens is 274 g/mol. The van der Waals surface area contributed by atoms with E-state index in [2.05, 4.69) is 22.5 Å². The van der Waals surface area contributed by atoms with Crippen LogP contribution in [-0.2, 0) is 7.05 Å². The Morgan fingerprint density at radius 3 is 2.23 bits per heavy atom. The summed E-state index contributed by atoms with van der Waals surface area (Å²) in [6, 6.07) is 18.0. The van der Waals surface area contributed by atoms with Crippen LogP contribution in [0.2, 0.25) is 0 Å². The van der Waals surface area contributed by atoms with Crippen LogP contribution in [0.4, 0.5) is 5.69 Å². The number of carbonyl (C=O) groups is 1. The molecule has 4 heteroatoms. The van der Waals surface area contributed by atoms with Crippen molar-refractivity contribution >= 4 is 11.6 Å². The summed E-state index contributed by atoms with van der Waals surface area (Å²) in [5.41, 5.74) is 4.36. The lowest BCUT2D eigenvalue weighted by atomic mass is 10.1. The van der Waals surface area contributed by atoms with E-state index in [-0.39, 0.29) is 5.91 Å². The van der Waals surface area contributed by atoms with E-state index in [1.165, 1.54) is 0 Å². The minimum Gasteiger partial charge on any atom is -0.322 e. The summed E-state index contributed by atoms with van der Waals surface area (Å²) in [7, 11) is 1.80. The topological polar surface area (TPSA) is 46.9 Å². The Morgan fingerprint density at radius 2 is 1.64 bits per heavy atom. The molecule has 1 heterocycles. The van der Waals surface area contributed by atoms with Crippen molar-refractivity contribution < 1.29 is 4.79 Å². The summed E-state index contributed by atoms with van der Waals surface area (Å²) in [5, 5.41) is 7.08. The Hall–Kier alpha value is -2.88. The summed E-state index contributed by atoms with van der Waals surface area (Å²) < 4.78 is 1.64.